The van der Waals surface area contributed by atoms with E-state index in [-0.39, 0.29) is 0 Å². The average Bonchev–Trinajstić information content (AvgIpc) is 2.46. The van der Waals surface area contributed by atoms with Gasteiger partial charge in [-0.15, -0.1) is 0 Å². The van der Waals surface area contributed by atoms with Crippen LogP contribution in [0.15, 0.2) is 0 Å². The average molecular weight is 339 g/mol. The van der Waals surface area contributed by atoms with Crippen molar-refractivity contribution >= 4 is 19.9 Å². The van der Waals surface area contributed by atoms with Crippen molar-refractivity contribution in [2.75, 3.05) is 12.4 Å². The summed E-state index contributed by atoms with van der Waals surface area (Å²) in [6.45, 7) is 4.56. The van der Waals surface area contributed by atoms with Gasteiger partial charge in [0, 0.05) is 5.75 Å². The first-order chi connectivity index (χ1) is 10.1. The van der Waals surface area contributed by atoms with E-state index in [1.165, 1.54) is 57.8 Å². The van der Waals surface area contributed by atoms with Gasteiger partial charge in [0.15, 0.2) is 0 Å². The Morgan fingerprint density at radius 2 is 1.19 bits per heavy atom. The Hall–Kier alpha value is 0.260. The molecule has 0 fully saturated rings. The highest BCUT2D eigenvalue weighted by Gasteiger charge is 2.10. The quantitative estimate of drug-likeness (QED) is 0.267. The first-order valence-electron chi connectivity index (χ1n) is 8.66. The van der Waals surface area contributed by atoms with Gasteiger partial charge in [-0.1, -0.05) is 78.1 Å². The Morgan fingerprint density at radius 1 is 0.714 bits per heavy atom. The zero-order valence-electron chi connectivity index (χ0n) is 13.9. The molecule has 0 unspecified atom stereocenters. The second kappa shape index (κ2) is 15.2. The smallest absolute Gasteiger partial charge is 0.262 e. The Labute approximate surface area is 136 Å². The van der Waals surface area contributed by atoms with Crippen molar-refractivity contribution in [1.82, 2.24) is 0 Å². The zero-order valence-corrected chi connectivity index (χ0v) is 15.6. The molecule has 0 aromatic rings. The fourth-order valence-corrected chi connectivity index (χ4v) is 4.43. The predicted molar refractivity (Wildman–Crippen MR) is 94.1 cm³/mol. The van der Waals surface area contributed by atoms with Crippen molar-refractivity contribution in [1.29, 1.82) is 0 Å². The molecule has 0 aromatic carbocycles. The molecule has 128 valence electrons. The molecule has 0 heterocycles. The van der Waals surface area contributed by atoms with Gasteiger partial charge in [-0.05, 0) is 23.6 Å². The standard InChI is InChI=1S/C16H34O3S2/c1-3-5-6-7-8-9-10-11-12-13-14-15-19-21(17,18)20-16-4-2/h3-16H2,1-2H3. The summed E-state index contributed by atoms with van der Waals surface area (Å²) in [5.41, 5.74) is 0. The molecule has 0 saturated heterocycles. The third kappa shape index (κ3) is 16.5. The topological polar surface area (TPSA) is 43.4 Å². The van der Waals surface area contributed by atoms with Crippen LogP contribution >= 0.6 is 10.8 Å². The van der Waals surface area contributed by atoms with Crippen LogP contribution in [-0.4, -0.2) is 20.8 Å². The summed E-state index contributed by atoms with van der Waals surface area (Å²) in [5, 5.41) is 0. The largest absolute Gasteiger partial charge is 0.322 e. The maximum absolute atomic E-state index is 11.4. The van der Waals surface area contributed by atoms with E-state index < -0.39 is 9.15 Å². The molecule has 0 atom stereocenters. The number of hydrogen-bond donors (Lipinski definition) is 0. The minimum Gasteiger partial charge on any atom is -0.262 e. The predicted octanol–water partition coefficient (Wildman–Crippen LogP) is 5.70. The van der Waals surface area contributed by atoms with Crippen LogP contribution in [0.3, 0.4) is 0 Å². The van der Waals surface area contributed by atoms with Crippen molar-refractivity contribution in [3.8, 4) is 0 Å². The molecule has 0 aliphatic heterocycles. The van der Waals surface area contributed by atoms with E-state index in [2.05, 4.69) is 6.92 Å². The summed E-state index contributed by atoms with van der Waals surface area (Å²) in [7, 11) is -2.43. The molecule has 0 aliphatic rings. The van der Waals surface area contributed by atoms with Crippen molar-refractivity contribution in [3.05, 3.63) is 0 Å². The molecular weight excluding hydrogens is 304 g/mol. The van der Waals surface area contributed by atoms with Gasteiger partial charge >= 0.3 is 9.15 Å². The monoisotopic (exact) mass is 338 g/mol. The van der Waals surface area contributed by atoms with Crippen molar-refractivity contribution in [2.24, 2.45) is 0 Å². The fraction of sp³-hybridized carbons (Fsp3) is 1.00. The zero-order chi connectivity index (χ0) is 15.8. The van der Waals surface area contributed by atoms with Crippen LogP contribution in [0.5, 0.6) is 0 Å². The van der Waals surface area contributed by atoms with Gasteiger partial charge in [-0.3, -0.25) is 4.18 Å². The van der Waals surface area contributed by atoms with E-state index in [4.69, 9.17) is 4.18 Å². The van der Waals surface area contributed by atoms with Gasteiger partial charge in [-0.2, -0.15) is 8.42 Å². The highest BCUT2D eigenvalue weighted by Crippen LogP contribution is 2.16. The van der Waals surface area contributed by atoms with Crippen LogP contribution in [0.1, 0.15) is 90.9 Å². The first kappa shape index (κ1) is 21.3. The summed E-state index contributed by atoms with van der Waals surface area (Å²) in [6, 6.07) is 0. The molecule has 0 rings (SSSR count). The van der Waals surface area contributed by atoms with Crippen LogP contribution in [0.25, 0.3) is 0 Å². The molecule has 0 aliphatic carbocycles. The van der Waals surface area contributed by atoms with Crippen LogP contribution in [0.2, 0.25) is 0 Å². The lowest BCUT2D eigenvalue weighted by atomic mass is 10.1. The van der Waals surface area contributed by atoms with E-state index in [9.17, 15) is 8.42 Å². The molecule has 0 amide bonds. The van der Waals surface area contributed by atoms with Crippen LogP contribution in [-0.2, 0) is 13.3 Å². The van der Waals surface area contributed by atoms with Crippen molar-refractivity contribution in [2.45, 2.75) is 90.9 Å². The maximum atomic E-state index is 11.4. The van der Waals surface area contributed by atoms with Gasteiger partial charge < -0.3 is 0 Å². The van der Waals surface area contributed by atoms with Crippen LogP contribution in [0, 0.1) is 0 Å². The molecule has 0 bridgehead atoms. The minimum atomic E-state index is -3.34. The third-order valence-corrected chi connectivity index (χ3v) is 6.38. The summed E-state index contributed by atoms with van der Waals surface area (Å²) < 4.78 is 27.8. The molecular formula is C16H34O3S2. The maximum Gasteiger partial charge on any atom is 0.322 e. The Morgan fingerprint density at radius 3 is 1.67 bits per heavy atom. The Bertz CT molecular complexity index is 303. The van der Waals surface area contributed by atoms with E-state index in [0.717, 1.165) is 30.1 Å². The second-order valence-electron chi connectivity index (χ2n) is 5.59. The lowest BCUT2D eigenvalue weighted by molar-refractivity contribution is 0.316. The highest BCUT2D eigenvalue weighted by atomic mass is 33.1. The molecule has 5 heteroatoms. The lowest BCUT2D eigenvalue weighted by Crippen LogP contribution is -2.03. The number of rotatable bonds is 16. The Balaban J connectivity index is 3.22. The Kier molecular flexibility index (Phi) is 15.4. The van der Waals surface area contributed by atoms with Gasteiger partial charge in [0.25, 0.3) is 0 Å². The SMILES string of the molecule is CCCCCCCCCCCCCOS(=O)(=O)SCCC. The highest BCUT2D eigenvalue weighted by molar-refractivity contribution is 8.70. The summed E-state index contributed by atoms with van der Waals surface area (Å²) in [6.07, 6.45) is 14.7. The summed E-state index contributed by atoms with van der Waals surface area (Å²) in [5.74, 6) is 0.612. The molecule has 0 saturated carbocycles. The van der Waals surface area contributed by atoms with E-state index in [0.29, 0.717) is 12.4 Å². The summed E-state index contributed by atoms with van der Waals surface area (Å²) >= 11 is 0. The van der Waals surface area contributed by atoms with Gasteiger partial charge in [0.1, 0.15) is 0 Å². The molecule has 0 spiro atoms. The fourth-order valence-electron chi connectivity index (χ4n) is 2.15. The van der Waals surface area contributed by atoms with E-state index in [1.54, 1.807) is 0 Å². The van der Waals surface area contributed by atoms with E-state index >= 15 is 0 Å². The van der Waals surface area contributed by atoms with Crippen LogP contribution < -0.4 is 0 Å². The van der Waals surface area contributed by atoms with Crippen LogP contribution in [0.4, 0.5) is 0 Å². The molecule has 21 heavy (non-hydrogen) atoms. The van der Waals surface area contributed by atoms with Gasteiger partial charge in [-0.25, -0.2) is 0 Å². The molecule has 0 aromatic heterocycles. The summed E-state index contributed by atoms with van der Waals surface area (Å²) in [4.78, 5) is 0. The normalized spacial score (nSPS) is 11.9. The first-order valence-corrected chi connectivity index (χ1v) is 11.6. The molecule has 3 nitrogen and oxygen atoms in total. The molecule has 0 N–H and O–H groups in total. The lowest BCUT2D eigenvalue weighted by Gasteiger charge is -2.04. The second-order valence-corrected chi connectivity index (χ2v) is 9.22. The van der Waals surface area contributed by atoms with Gasteiger partial charge in [0.2, 0.25) is 0 Å². The van der Waals surface area contributed by atoms with E-state index in [1.807, 2.05) is 6.92 Å². The number of unbranched alkanes of at least 4 members (excludes halogenated alkanes) is 10. The van der Waals surface area contributed by atoms with Gasteiger partial charge in [0.05, 0.1) is 6.61 Å². The van der Waals surface area contributed by atoms with Crippen molar-refractivity contribution < 1.29 is 12.6 Å². The minimum absolute atomic E-state index is 0.343. The number of hydrogen-bond acceptors (Lipinski definition) is 4. The van der Waals surface area contributed by atoms with Crippen molar-refractivity contribution in [3.63, 3.8) is 0 Å². The third-order valence-electron chi connectivity index (χ3n) is 3.41. The molecule has 0 radical (unpaired) electrons.